The van der Waals surface area contributed by atoms with Crippen LogP contribution in [-0.4, -0.2) is 0 Å². The Morgan fingerprint density at radius 3 is 0.822 bits per heavy atom. The van der Waals surface area contributed by atoms with Crippen molar-refractivity contribution in [3.05, 3.63) is 158 Å². The molecule has 6 heteroatoms. The minimum atomic E-state index is 0.673. The molecule has 0 radical (unpaired) electrons. The summed E-state index contributed by atoms with van der Waals surface area (Å²) in [4.78, 5) is 0. The maximum absolute atomic E-state index is 9.08. The minimum absolute atomic E-state index is 0.673. The van der Waals surface area contributed by atoms with Crippen molar-refractivity contribution in [1.29, 1.82) is 10.5 Å². The van der Waals surface area contributed by atoms with Gasteiger partial charge in [0.25, 0.3) is 0 Å². The monoisotopic (exact) mass is 1030 g/mol. The lowest BCUT2D eigenvalue weighted by atomic mass is 9.96. The molecular weight excluding hydrogens is 1000 g/mol. The van der Waals surface area contributed by atoms with E-state index in [1.54, 1.807) is 0 Å². The molecule has 0 aromatic heterocycles. The maximum atomic E-state index is 9.08. The Labute approximate surface area is 318 Å². The fourth-order valence-electron chi connectivity index (χ4n) is 5.24. The molecule has 6 rings (SSSR count). The van der Waals surface area contributed by atoms with Crippen LogP contribution < -0.4 is 0 Å². The van der Waals surface area contributed by atoms with E-state index >= 15 is 0 Å². The van der Waals surface area contributed by atoms with Crippen molar-refractivity contribution < 1.29 is 0 Å². The van der Waals surface area contributed by atoms with Crippen LogP contribution in [0.2, 0.25) is 0 Å². The van der Waals surface area contributed by atoms with Crippen molar-refractivity contribution in [2.75, 3.05) is 0 Å². The third-order valence-electron chi connectivity index (χ3n) is 7.77. The van der Waals surface area contributed by atoms with Crippen molar-refractivity contribution in [3.8, 4) is 56.6 Å². The quantitative estimate of drug-likeness (QED) is 0.156. The van der Waals surface area contributed by atoms with Gasteiger partial charge in [0.05, 0.1) is 23.3 Å². The van der Waals surface area contributed by atoms with Crippen molar-refractivity contribution in [2.24, 2.45) is 0 Å². The molecule has 0 fully saturated rings. The second-order valence-electron chi connectivity index (χ2n) is 10.5. The van der Waals surface area contributed by atoms with E-state index in [1.807, 2.05) is 48.5 Å². The summed E-state index contributed by atoms with van der Waals surface area (Å²) in [5.41, 5.74) is 13.3. The highest BCUT2D eigenvalue weighted by Gasteiger charge is 2.15. The topological polar surface area (TPSA) is 47.6 Å². The highest BCUT2D eigenvalue weighted by Crippen LogP contribution is 2.35. The summed E-state index contributed by atoms with van der Waals surface area (Å²) in [7, 11) is 0. The number of nitriles is 2. The van der Waals surface area contributed by atoms with Crippen LogP contribution in [-0.2, 0) is 6.42 Å². The van der Waals surface area contributed by atoms with Gasteiger partial charge in [0.2, 0.25) is 0 Å². The van der Waals surface area contributed by atoms with Gasteiger partial charge in [-0.1, -0.05) is 72.8 Å². The molecular formula is C39H22I4N2. The Hall–Kier alpha value is -2.78. The predicted molar refractivity (Wildman–Crippen MR) is 218 cm³/mol. The average Bonchev–Trinajstić information content (AvgIpc) is 3.07. The van der Waals surface area contributed by atoms with Crippen LogP contribution in [0.25, 0.3) is 44.5 Å². The Bertz CT molecular complexity index is 1900. The Morgan fingerprint density at radius 2 is 0.578 bits per heavy atom. The van der Waals surface area contributed by atoms with Gasteiger partial charge in [-0.25, -0.2) is 0 Å². The van der Waals surface area contributed by atoms with E-state index < -0.39 is 0 Å². The summed E-state index contributed by atoms with van der Waals surface area (Å²) in [6, 6.07) is 46.3. The molecule has 0 N–H and O–H groups in total. The number of nitrogens with zero attached hydrogens (tertiary/aromatic N) is 2. The molecule has 0 saturated carbocycles. The van der Waals surface area contributed by atoms with Gasteiger partial charge in [0.1, 0.15) is 0 Å². The molecule has 2 nitrogen and oxygen atoms in total. The number of rotatable bonds is 6. The van der Waals surface area contributed by atoms with Crippen molar-refractivity contribution in [3.63, 3.8) is 0 Å². The van der Waals surface area contributed by atoms with Crippen LogP contribution >= 0.6 is 90.4 Å². The molecule has 0 aliphatic carbocycles. The molecule has 0 bridgehead atoms. The van der Waals surface area contributed by atoms with Gasteiger partial charge in [0.15, 0.2) is 0 Å². The Morgan fingerprint density at radius 1 is 0.356 bits per heavy atom. The van der Waals surface area contributed by atoms with Crippen LogP contribution in [0.4, 0.5) is 0 Å². The molecule has 45 heavy (non-hydrogen) atoms. The summed E-state index contributed by atoms with van der Waals surface area (Å²) in [6.45, 7) is 0. The van der Waals surface area contributed by atoms with E-state index in [1.165, 1.54) is 47.7 Å². The molecule has 6 aromatic carbocycles. The third-order valence-corrected chi connectivity index (χ3v) is 11.6. The van der Waals surface area contributed by atoms with Gasteiger partial charge in [0, 0.05) is 20.7 Å². The molecule has 0 unspecified atom stereocenters. The molecule has 0 heterocycles. The molecule has 0 atom stereocenters. The normalized spacial score (nSPS) is 10.7. The minimum Gasteiger partial charge on any atom is -0.192 e. The zero-order valence-corrected chi connectivity index (χ0v) is 32.3. The van der Waals surface area contributed by atoms with Gasteiger partial charge in [-0.05, 0) is 195 Å². The average molecular weight is 1030 g/mol. The van der Waals surface area contributed by atoms with E-state index in [4.69, 9.17) is 10.5 Å². The lowest BCUT2D eigenvalue weighted by molar-refractivity contribution is 1.13. The lowest BCUT2D eigenvalue weighted by Crippen LogP contribution is -2.01. The largest absolute Gasteiger partial charge is 0.192 e. The SMILES string of the molecule is N#Cc1ccc(-c2ccc(-c3cc(I)c(Cc4c(I)cc(-c5ccc(-c6ccc(C#N)cc6)cc5)cc4I)c(I)c3)cc2)cc1. The zero-order valence-electron chi connectivity index (χ0n) is 23.7. The van der Waals surface area contributed by atoms with Gasteiger partial charge in [-0.3, -0.25) is 0 Å². The van der Waals surface area contributed by atoms with Crippen LogP contribution in [0.5, 0.6) is 0 Å². The van der Waals surface area contributed by atoms with Crippen molar-refractivity contribution in [2.45, 2.75) is 6.42 Å². The first-order chi connectivity index (χ1) is 21.8. The Balaban J connectivity index is 1.21. The zero-order chi connectivity index (χ0) is 31.5. The van der Waals surface area contributed by atoms with Crippen molar-refractivity contribution >= 4 is 90.4 Å². The smallest absolute Gasteiger partial charge is 0.0991 e. The molecule has 216 valence electrons. The Kier molecular flexibility index (Phi) is 10.2. The molecule has 0 amide bonds. The van der Waals surface area contributed by atoms with Crippen LogP contribution in [0.1, 0.15) is 22.3 Å². The summed E-state index contributed by atoms with van der Waals surface area (Å²) in [5, 5.41) is 18.2. The maximum Gasteiger partial charge on any atom is 0.0991 e. The second-order valence-corrected chi connectivity index (χ2v) is 15.2. The van der Waals surface area contributed by atoms with Gasteiger partial charge >= 0.3 is 0 Å². The first-order valence-corrected chi connectivity index (χ1v) is 18.3. The fraction of sp³-hybridized carbons (Fsp3) is 0.0256. The summed E-state index contributed by atoms with van der Waals surface area (Å²) >= 11 is 9.95. The van der Waals surface area contributed by atoms with Gasteiger partial charge in [-0.15, -0.1) is 0 Å². The number of halogens is 4. The third kappa shape index (κ3) is 7.30. The molecule has 0 spiro atoms. The first kappa shape index (κ1) is 32.2. The number of hydrogen-bond acceptors (Lipinski definition) is 2. The van der Waals surface area contributed by atoms with E-state index in [0.717, 1.165) is 28.7 Å². The highest BCUT2D eigenvalue weighted by molar-refractivity contribution is 14.1. The summed E-state index contributed by atoms with van der Waals surface area (Å²) < 4.78 is 5.05. The predicted octanol–water partition coefficient (Wildman–Crippen LogP) is 12.1. The molecule has 0 saturated heterocycles. The fourth-order valence-corrected chi connectivity index (χ4v) is 9.54. The van der Waals surface area contributed by atoms with E-state index in [0.29, 0.717) is 11.1 Å². The number of benzene rings is 6. The van der Waals surface area contributed by atoms with E-state index in [-0.39, 0.29) is 0 Å². The standard InChI is InChI=1S/C39H22I4N2/c40-36-17-32(30-13-9-28(10-14-30)26-5-1-24(22-44)2-6-26)18-37(41)34(36)21-35-38(42)19-33(20-39(35)43)31-15-11-29(12-16-31)27-7-3-25(23-45)4-8-27/h1-20H,21H2. The van der Waals surface area contributed by atoms with Crippen molar-refractivity contribution in [1.82, 2.24) is 0 Å². The lowest BCUT2D eigenvalue weighted by Gasteiger charge is -2.15. The molecule has 0 aliphatic rings. The van der Waals surface area contributed by atoms with Gasteiger partial charge < -0.3 is 0 Å². The number of hydrogen-bond donors (Lipinski definition) is 0. The first-order valence-electron chi connectivity index (χ1n) is 14.0. The van der Waals surface area contributed by atoms with Gasteiger partial charge in [-0.2, -0.15) is 10.5 Å². The molecule has 0 aliphatic heterocycles. The molecule has 6 aromatic rings. The second kappa shape index (κ2) is 14.3. The van der Waals surface area contributed by atoms with Crippen LogP contribution in [0.15, 0.2) is 121 Å². The van der Waals surface area contributed by atoms with Crippen LogP contribution in [0.3, 0.4) is 0 Å². The van der Waals surface area contributed by atoms with E-state index in [9.17, 15) is 0 Å². The van der Waals surface area contributed by atoms with E-state index in [2.05, 4.69) is 175 Å². The highest BCUT2D eigenvalue weighted by atomic mass is 127. The van der Waals surface area contributed by atoms with Crippen LogP contribution in [0, 0.1) is 36.9 Å². The summed E-state index contributed by atoms with van der Waals surface area (Å²) in [5.74, 6) is 0. The summed E-state index contributed by atoms with van der Waals surface area (Å²) in [6.07, 6.45) is 0.878.